The van der Waals surface area contributed by atoms with E-state index in [1.807, 2.05) is 12.1 Å². The highest BCUT2D eigenvalue weighted by Gasteiger charge is 2.46. The Kier molecular flexibility index (Phi) is 3.27. The average molecular weight is 336 g/mol. The van der Waals surface area contributed by atoms with Gasteiger partial charge >= 0.3 is 0 Å². The number of nitrogens with one attached hydrogen (secondary N) is 1. The van der Waals surface area contributed by atoms with E-state index in [9.17, 15) is 4.79 Å². The van der Waals surface area contributed by atoms with Crippen molar-refractivity contribution in [2.75, 3.05) is 6.54 Å². The number of carbonyl (C=O) groups is 1. The van der Waals surface area contributed by atoms with Crippen LogP contribution < -0.4 is 0 Å². The molecule has 3 atom stereocenters. The Morgan fingerprint density at radius 2 is 2.04 bits per heavy atom. The second-order valence-corrected chi connectivity index (χ2v) is 7.97. The lowest BCUT2D eigenvalue weighted by Crippen LogP contribution is -2.36. The lowest BCUT2D eigenvalue weighted by atomic mass is 9.87. The van der Waals surface area contributed by atoms with Crippen molar-refractivity contribution in [1.82, 2.24) is 9.88 Å². The molecule has 2 fully saturated rings. The first kappa shape index (κ1) is 14.3. The zero-order valence-corrected chi connectivity index (χ0v) is 14.3. The first-order valence-electron chi connectivity index (χ1n) is 8.73. The van der Waals surface area contributed by atoms with Gasteiger partial charge in [0, 0.05) is 18.5 Å². The Balaban J connectivity index is 1.47. The van der Waals surface area contributed by atoms with Crippen molar-refractivity contribution >= 4 is 27.5 Å². The second-order valence-electron chi connectivity index (χ2n) is 7.02. The van der Waals surface area contributed by atoms with E-state index in [4.69, 9.17) is 0 Å². The van der Waals surface area contributed by atoms with E-state index in [1.165, 1.54) is 23.1 Å². The van der Waals surface area contributed by atoms with Crippen molar-refractivity contribution in [2.45, 2.75) is 31.2 Å². The van der Waals surface area contributed by atoms with Crippen LogP contribution in [0.25, 0.3) is 10.2 Å². The number of likely N-dealkylation sites (tertiary alicyclic amines) is 1. The number of nitrogens with zero attached hydrogens (tertiary/aromatic N) is 1. The number of thiophene rings is 1. The maximum Gasteiger partial charge on any atom is 0.270 e. The van der Waals surface area contributed by atoms with Gasteiger partial charge in [-0.25, -0.2) is 0 Å². The minimum atomic E-state index is 0.175. The molecule has 3 heterocycles. The van der Waals surface area contributed by atoms with Gasteiger partial charge in [0.15, 0.2) is 0 Å². The number of amides is 1. The number of hydrogen-bond acceptors (Lipinski definition) is 2. The SMILES string of the molecule is O=C(c1cc2sccc2[nH]1)N1CC(c2ccccc2)C2CCCC21. The molecule has 2 aromatic heterocycles. The van der Waals surface area contributed by atoms with Gasteiger partial charge in [0.25, 0.3) is 5.91 Å². The minimum absolute atomic E-state index is 0.175. The molecule has 1 N–H and O–H groups in total. The normalized spacial score (nSPS) is 26.2. The first-order chi connectivity index (χ1) is 11.8. The fourth-order valence-corrected chi connectivity index (χ4v) is 5.50. The van der Waals surface area contributed by atoms with Crippen LogP contribution in [0.5, 0.6) is 0 Å². The Morgan fingerprint density at radius 1 is 1.17 bits per heavy atom. The van der Waals surface area contributed by atoms with Crippen LogP contribution in [-0.2, 0) is 0 Å². The Morgan fingerprint density at radius 3 is 2.88 bits per heavy atom. The smallest absolute Gasteiger partial charge is 0.270 e. The second kappa shape index (κ2) is 5.49. The van der Waals surface area contributed by atoms with Crippen LogP contribution in [0.4, 0.5) is 0 Å². The molecule has 1 aliphatic heterocycles. The number of fused-ring (bicyclic) bond motifs is 2. The van der Waals surface area contributed by atoms with Gasteiger partial charge in [-0.2, -0.15) is 0 Å². The zero-order chi connectivity index (χ0) is 16.1. The van der Waals surface area contributed by atoms with E-state index < -0.39 is 0 Å². The number of aromatic amines is 1. The maximum atomic E-state index is 13.1. The zero-order valence-electron chi connectivity index (χ0n) is 13.4. The van der Waals surface area contributed by atoms with E-state index in [0.29, 0.717) is 17.9 Å². The first-order valence-corrected chi connectivity index (χ1v) is 9.61. The molecule has 0 spiro atoms. The number of aromatic nitrogens is 1. The van der Waals surface area contributed by atoms with Gasteiger partial charge in [-0.1, -0.05) is 36.8 Å². The summed E-state index contributed by atoms with van der Waals surface area (Å²) in [5, 5.41) is 2.06. The monoisotopic (exact) mass is 336 g/mol. The minimum Gasteiger partial charge on any atom is -0.350 e. The van der Waals surface area contributed by atoms with Crippen LogP contribution in [0.2, 0.25) is 0 Å². The van der Waals surface area contributed by atoms with Gasteiger partial charge in [0.2, 0.25) is 0 Å². The highest BCUT2D eigenvalue weighted by molar-refractivity contribution is 7.17. The Hall–Kier alpha value is -2.07. The summed E-state index contributed by atoms with van der Waals surface area (Å²) in [4.78, 5) is 18.6. The molecule has 1 amide bonds. The third-order valence-corrected chi connectivity index (χ3v) is 6.66. The summed E-state index contributed by atoms with van der Waals surface area (Å²) >= 11 is 1.68. The topological polar surface area (TPSA) is 36.1 Å². The summed E-state index contributed by atoms with van der Waals surface area (Å²) in [6, 6.07) is 15.2. The molecule has 0 bridgehead atoms. The quantitative estimate of drug-likeness (QED) is 0.727. The maximum absolute atomic E-state index is 13.1. The predicted molar refractivity (Wildman–Crippen MR) is 97.5 cm³/mol. The van der Waals surface area contributed by atoms with Crippen molar-refractivity contribution in [1.29, 1.82) is 0 Å². The molecular formula is C20H20N2OS. The van der Waals surface area contributed by atoms with Gasteiger partial charge in [-0.15, -0.1) is 11.3 Å². The van der Waals surface area contributed by atoms with E-state index in [0.717, 1.165) is 24.2 Å². The van der Waals surface area contributed by atoms with Crippen LogP contribution in [0.3, 0.4) is 0 Å². The molecule has 3 unspecified atom stereocenters. The number of hydrogen-bond donors (Lipinski definition) is 1. The fourth-order valence-electron chi connectivity index (χ4n) is 4.71. The van der Waals surface area contributed by atoms with Crippen molar-refractivity contribution in [3.8, 4) is 0 Å². The Labute approximate surface area is 145 Å². The number of benzene rings is 1. The molecule has 122 valence electrons. The number of rotatable bonds is 2. The van der Waals surface area contributed by atoms with E-state index in [2.05, 4.69) is 45.6 Å². The van der Waals surface area contributed by atoms with Crippen LogP contribution in [-0.4, -0.2) is 28.4 Å². The van der Waals surface area contributed by atoms with E-state index in [1.54, 1.807) is 11.3 Å². The number of carbonyl (C=O) groups excluding carboxylic acids is 1. The van der Waals surface area contributed by atoms with Gasteiger partial charge in [-0.05, 0) is 41.8 Å². The van der Waals surface area contributed by atoms with Gasteiger partial charge in [0.1, 0.15) is 5.69 Å². The largest absolute Gasteiger partial charge is 0.350 e. The molecule has 0 radical (unpaired) electrons. The summed E-state index contributed by atoms with van der Waals surface area (Å²) in [5.74, 6) is 1.28. The summed E-state index contributed by atoms with van der Waals surface area (Å²) in [5.41, 5.74) is 3.21. The lowest BCUT2D eigenvalue weighted by molar-refractivity contribution is 0.0723. The molecule has 3 aromatic rings. The molecule has 1 aliphatic carbocycles. The highest BCUT2D eigenvalue weighted by Crippen LogP contribution is 2.46. The fraction of sp³-hybridized carbons (Fsp3) is 0.350. The molecule has 1 saturated heterocycles. The van der Waals surface area contributed by atoms with Crippen LogP contribution >= 0.6 is 11.3 Å². The van der Waals surface area contributed by atoms with E-state index in [-0.39, 0.29) is 5.91 Å². The van der Waals surface area contributed by atoms with Crippen LogP contribution in [0.1, 0.15) is 41.2 Å². The molecule has 1 aromatic carbocycles. The highest BCUT2D eigenvalue weighted by atomic mass is 32.1. The van der Waals surface area contributed by atoms with Crippen molar-refractivity contribution in [3.63, 3.8) is 0 Å². The van der Waals surface area contributed by atoms with Gasteiger partial charge in [0.05, 0.1) is 10.2 Å². The van der Waals surface area contributed by atoms with Crippen LogP contribution in [0, 0.1) is 5.92 Å². The molecular weight excluding hydrogens is 316 g/mol. The van der Waals surface area contributed by atoms with Gasteiger partial charge in [-0.3, -0.25) is 4.79 Å². The summed E-state index contributed by atoms with van der Waals surface area (Å²) in [6.07, 6.45) is 3.63. The van der Waals surface area contributed by atoms with Crippen molar-refractivity contribution in [3.05, 3.63) is 59.1 Å². The summed E-state index contributed by atoms with van der Waals surface area (Å²) in [6.45, 7) is 0.852. The van der Waals surface area contributed by atoms with Gasteiger partial charge < -0.3 is 9.88 Å². The lowest BCUT2D eigenvalue weighted by Gasteiger charge is -2.23. The average Bonchev–Trinajstić information content (AvgIpc) is 3.34. The standard InChI is InChI=1S/C20H20N2OS/c23-20(17-11-19-16(21-17)9-10-24-19)22-12-15(13-5-2-1-3-6-13)14-7-4-8-18(14)22/h1-3,5-6,9-11,14-15,18,21H,4,7-8,12H2. The third kappa shape index (κ3) is 2.13. The predicted octanol–water partition coefficient (Wildman–Crippen LogP) is 4.64. The molecule has 24 heavy (non-hydrogen) atoms. The van der Waals surface area contributed by atoms with Crippen molar-refractivity contribution < 1.29 is 4.79 Å². The molecule has 3 nitrogen and oxygen atoms in total. The molecule has 2 aliphatic rings. The third-order valence-electron chi connectivity index (χ3n) is 5.80. The molecule has 1 saturated carbocycles. The van der Waals surface area contributed by atoms with Crippen LogP contribution in [0.15, 0.2) is 47.8 Å². The van der Waals surface area contributed by atoms with Crippen molar-refractivity contribution in [2.24, 2.45) is 5.92 Å². The summed E-state index contributed by atoms with van der Waals surface area (Å²) < 4.78 is 1.17. The molecule has 4 heteroatoms. The number of H-pyrrole nitrogens is 1. The Bertz CT molecular complexity index is 853. The molecule has 5 rings (SSSR count). The van der Waals surface area contributed by atoms with E-state index >= 15 is 0 Å². The summed E-state index contributed by atoms with van der Waals surface area (Å²) in [7, 11) is 0.